The third-order valence-electron chi connectivity index (χ3n) is 6.01. The van der Waals surface area contributed by atoms with E-state index >= 15 is 0 Å². The van der Waals surface area contributed by atoms with Crippen molar-refractivity contribution in [2.24, 2.45) is 4.99 Å². The molecule has 0 aromatic heterocycles. The molecule has 0 aliphatic heterocycles. The zero-order chi connectivity index (χ0) is 25.7. The predicted molar refractivity (Wildman–Crippen MR) is 153 cm³/mol. The van der Waals surface area contributed by atoms with Gasteiger partial charge in [0.05, 0.1) is 10.6 Å². The van der Waals surface area contributed by atoms with E-state index in [9.17, 15) is 8.42 Å². The monoisotopic (exact) mass is 502 g/mol. The molecule has 5 aromatic rings. The molecule has 0 atom stereocenters. The van der Waals surface area contributed by atoms with E-state index in [0.717, 1.165) is 33.2 Å². The molecule has 0 unspecified atom stereocenters. The van der Waals surface area contributed by atoms with Gasteiger partial charge in [0.15, 0.2) is 0 Å². The molecule has 0 radical (unpaired) electrons. The number of aryl methyl sites for hydroxylation is 1. The summed E-state index contributed by atoms with van der Waals surface area (Å²) in [5, 5.41) is 5.30. The molecule has 5 rings (SSSR count). The van der Waals surface area contributed by atoms with Gasteiger partial charge in [0.1, 0.15) is 10.9 Å². The van der Waals surface area contributed by atoms with Crippen LogP contribution in [0.25, 0.3) is 16.8 Å². The molecule has 0 aliphatic carbocycles. The molecule has 0 aliphatic rings. The minimum atomic E-state index is -3.88. The van der Waals surface area contributed by atoms with E-state index in [1.807, 2.05) is 104 Å². The third kappa shape index (κ3) is 5.52. The van der Waals surface area contributed by atoms with Gasteiger partial charge in [0.2, 0.25) is 9.84 Å². The van der Waals surface area contributed by atoms with Crippen LogP contribution >= 0.6 is 0 Å². The highest BCUT2D eigenvalue weighted by Crippen LogP contribution is 2.27. The molecule has 5 aromatic carbocycles. The fraction of sp³-hybridized carbons (Fsp3) is 0.0312. The second-order valence-electron chi connectivity index (χ2n) is 8.69. The summed E-state index contributed by atoms with van der Waals surface area (Å²) in [7, 11) is -3.88. The molecular weight excluding hydrogens is 476 g/mol. The normalized spacial score (nSPS) is 12.5. The summed E-state index contributed by atoms with van der Waals surface area (Å²) in [6.07, 6.45) is 1.65. The van der Waals surface area contributed by atoms with Crippen molar-refractivity contribution < 1.29 is 8.42 Å². The van der Waals surface area contributed by atoms with E-state index in [-0.39, 0.29) is 9.92 Å². The SMILES string of the molecule is Cc1ccc(C(=Nc2cccc3ccccc23)N/C(=C/c2ccccc2)S(=O)(=O)c2ccccc2)cc1. The second kappa shape index (κ2) is 10.6. The maximum absolute atomic E-state index is 13.8. The molecule has 0 fully saturated rings. The van der Waals surface area contributed by atoms with E-state index in [0.29, 0.717) is 5.84 Å². The number of rotatable bonds is 6. The minimum Gasteiger partial charge on any atom is -0.330 e. The molecule has 37 heavy (non-hydrogen) atoms. The molecule has 0 amide bonds. The molecule has 182 valence electrons. The van der Waals surface area contributed by atoms with Crippen molar-refractivity contribution in [2.75, 3.05) is 0 Å². The first kappa shape index (κ1) is 24.2. The van der Waals surface area contributed by atoms with Gasteiger partial charge < -0.3 is 5.32 Å². The number of benzene rings is 5. The summed E-state index contributed by atoms with van der Waals surface area (Å²) in [6, 6.07) is 39.6. The number of sulfone groups is 1. The van der Waals surface area contributed by atoms with Gasteiger partial charge in [-0.3, -0.25) is 0 Å². The molecule has 1 N–H and O–H groups in total. The second-order valence-corrected chi connectivity index (χ2v) is 10.6. The Morgan fingerprint density at radius 3 is 2.05 bits per heavy atom. The number of hydrogen-bond acceptors (Lipinski definition) is 3. The van der Waals surface area contributed by atoms with Crippen LogP contribution in [0.3, 0.4) is 0 Å². The number of fused-ring (bicyclic) bond motifs is 1. The van der Waals surface area contributed by atoms with Crippen molar-refractivity contribution in [3.8, 4) is 0 Å². The smallest absolute Gasteiger partial charge is 0.221 e. The third-order valence-corrected chi connectivity index (χ3v) is 7.70. The molecule has 0 saturated carbocycles. The van der Waals surface area contributed by atoms with Gasteiger partial charge in [-0.05, 0) is 42.1 Å². The van der Waals surface area contributed by atoms with E-state index in [4.69, 9.17) is 4.99 Å². The molecule has 0 saturated heterocycles. The molecule has 0 bridgehead atoms. The standard InChI is InChI=1S/C32H26N2O2S/c1-24-19-21-27(22-20-24)32(33-30-18-10-14-26-13-8-9-17-29(26)30)34-31(23-25-11-4-2-5-12-25)37(35,36)28-15-6-3-7-16-28/h2-23H,1H3,(H,33,34)/b31-23-. The van der Waals surface area contributed by atoms with Gasteiger partial charge in [0.25, 0.3) is 0 Å². The molecule has 0 spiro atoms. The van der Waals surface area contributed by atoms with Crippen molar-refractivity contribution in [3.63, 3.8) is 0 Å². The Morgan fingerprint density at radius 2 is 1.32 bits per heavy atom. The zero-order valence-electron chi connectivity index (χ0n) is 20.4. The Labute approximate surface area is 217 Å². The van der Waals surface area contributed by atoms with E-state index in [2.05, 4.69) is 5.32 Å². The first-order valence-corrected chi connectivity index (χ1v) is 13.5. The summed E-state index contributed by atoms with van der Waals surface area (Å²) in [5.74, 6) is 0.443. The lowest BCUT2D eigenvalue weighted by Crippen LogP contribution is -2.28. The van der Waals surface area contributed by atoms with Crippen molar-refractivity contribution in [2.45, 2.75) is 11.8 Å². The van der Waals surface area contributed by atoms with Crippen LogP contribution in [0, 0.1) is 6.92 Å². The summed E-state index contributed by atoms with van der Waals surface area (Å²) in [5.41, 5.74) is 3.39. The van der Waals surface area contributed by atoms with Crippen LogP contribution in [-0.2, 0) is 9.84 Å². The molecule has 0 heterocycles. The Kier molecular flexibility index (Phi) is 6.97. The molecular formula is C32H26N2O2S. The number of amidine groups is 1. The number of hydrogen-bond donors (Lipinski definition) is 1. The van der Waals surface area contributed by atoms with Crippen molar-refractivity contribution in [3.05, 3.63) is 149 Å². The van der Waals surface area contributed by atoms with Gasteiger partial charge in [-0.1, -0.05) is 115 Å². The number of nitrogens with zero attached hydrogens (tertiary/aromatic N) is 1. The average molecular weight is 503 g/mol. The minimum absolute atomic E-state index is 0.0458. The van der Waals surface area contributed by atoms with Crippen molar-refractivity contribution >= 4 is 38.2 Å². The van der Waals surface area contributed by atoms with Crippen LogP contribution in [0.4, 0.5) is 5.69 Å². The highest BCUT2D eigenvalue weighted by molar-refractivity contribution is 7.95. The fourth-order valence-electron chi connectivity index (χ4n) is 4.03. The van der Waals surface area contributed by atoms with Gasteiger partial charge in [-0.2, -0.15) is 0 Å². The first-order chi connectivity index (χ1) is 18.0. The average Bonchev–Trinajstić information content (AvgIpc) is 2.94. The van der Waals surface area contributed by atoms with Crippen molar-refractivity contribution in [1.29, 1.82) is 0 Å². The largest absolute Gasteiger partial charge is 0.330 e. The van der Waals surface area contributed by atoms with Gasteiger partial charge >= 0.3 is 0 Å². The Hall–Kier alpha value is -4.48. The summed E-state index contributed by atoms with van der Waals surface area (Å²) in [4.78, 5) is 5.18. The summed E-state index contributed by atoms with van der Waals surface area (Å²) < 4.78 is 27.7. The van der Waals surface area contributed by atoms with Crippen molar-refractivity contribution in [1.82, 2.24) is 5.32 Å². The lowest BCUT2D eigenvalue weighted by atomic mass is 10.1. The Bertz CT molecular complexity index is 1690. The van der Waals surface area contributed by atoms with E-state index in [1.165, 1.54) is 0 Å². The lowest BCUT2D eigenvalue weighted by Gasteiger charge is -2.16. The quantitative estimate of drug-likeness (QED) is 0.196. The van der Waals surface area contributed by atoms with Gasteiger partial charge in [-0.25, -0.2) is 13.4 Å². The Balaban J connectivity index is 1.69. The first-order valence-electron chi connectivity index (χ1n) is 12.0. The lowest BCUT2D eigenvalue weighted by molar-refractivity contribution is 0.600. The zero-order valence-corrected chi connectivity index (χ0v) is 21.2. The van der Waals surface area contributed by atoms with Crippen LogP contribution in [0.2, 0.25) is 0 Å². The highest BCUT2D eigenvalue weighted by atomic mass is 32.2. The predicted octanol–water partition coefficient (Wildman–Crippen LogP) is 7.29. The van der Waals surface area contributed by atoms with Crippen LogP contribution in [-0.4, -0.2) is 14.3 Å². The molecule has 4 nitrogen and oxygen atoms in total. The summed E-state index contributed by atoms with van der Waals surface area (Å²) >= 11 is 0. The van der Waals surface area contributed by atoms with Crippen LogP contribution in [0.15, 0.2) is 142 Å². The van der Waals surface area contributed by atoms with Crippen LogP contribution in [0.1, 0.15) is 16.7 Å². The number of aliphatic imine (C=N–C) groups is 1. The number of nitrogens with one attached hydrogen (secondary N) is 1. The van der Waals surface area contributed by atoms with Gasteiger partial charge in [0, 0.05) is 10.9 Å². The maximum atomic E-state index is 13.8. The highest BCUT2D eigenvalue weighted by Gasteiger charge is 2.23. The van der Waals surface area contributed by atoms with Crippen LogP contribution < -0.4 is 5.32 Å². The van der Waals surface area contributed by atoms with E-state index in [1.54, 1.807) is 36.4 Å². The topological polar surface area (TPSA) is 58.5 Å². The van der Waals surface area contributed by atoms with Crippen LogP contribution in [0.5, 0.6) is 0 Å². The van der Waals surface area contributed by atoms with Gasteiger partial charge in [-0.15, -0.1) is 0 Å². The molecule has 5 heteroatoms. The fourth-order valence-corrected chi connectivity index (χ4v) is 5.32. The Morgan fingerprint density at radius 1 is 0.703 bits per heavy atom. The summed E-state index contributed by atoms with van der Waals surface area (Å²) in [6.45, 7) is 2.01. The maximum Gasteiger partial charge on any atom is 0.221 e. The van der Waals surface area contributed by atoms with E-state index < -0.39 is 9.84 Å².